The van der Waals surface area contributed by atoms with Gasteiger partial charge in [-0.3, -0.25) is 0 Å². The van der Waals surface area contributed by atoms with Gasteiger partial charge in [-0.05, 0) is 49.2 Å². The quantitative estimate of drug-likeness (QED) is 0.882. The number of carbonyl (C=O) groups is 1. The van der Waals surface area contributed by atoms with E-state index in [0.29, 0.717) is 9.92 Å². The maximum atomic E-state index is 11.2. The van der Waals surface area contributed by atoms with E-state index in [4.69, 9.17) is 11.6 Å². The number of benzene rings is 2. The van der Waals surface area contributed by atoms with Gasteiger partial charge in [0, 0.05) is 14.8 Å². The van der Waals surface area contributed by atoms with Crippen LogP contribution in [-0.4, -0.2) is 11.1 Å². The molecule has 2 rings (SSSR count). The Morgan fingerprint density at radius 2 is 1.84 bits per heavy atom. The molecule has 0 spiro atoms. The monoisotopic (exact) mass is 292 g/mol. The second kappa shape index (κ2) is 5.68. The minimum absolute atomic E-state index is 0.235. The number of hydrogen-bond donors (Lipinski definition) is 1. The highest BCUT2D eigenvalue weighted by Crippen LogP contribution is 2.34. The van der Waals surface area contributed by atoms with E-state index in [1.807, 2.05) is 26.0 Å². The average Bonchev–Trinajstić information content (AvgIpc) is 2.35. The summed E-state index contributed by atoms with van der Waals surface area (Å²) in [5, 5.41) is 9.65. The molecule has 2 aromatic carbocycles. The largest absolute Gasteiger partial charge is 0.478 e. The predicted molar refractivity (Wildman–Crippen MR) is 78.5 cm³/mol. The summed E-state index contributed by atoms with van der Waals surface area (Å²) >= 11 is 7.30. The Morgan fingerprint density at radius 3 is 2.53 bits per heavy atom. The number of carboxylic acids is 1. The van der Waals surface area contributed by atoms with Gasteiger partial charge in [0.2, 0.25) is 0 Å². The number of halogens is 1. The lowest BCUT2D eigenvalue weighted by Crippen LogP contribution is -1.98. The minimum atomic E-state index is -0.963. The maximum Gasteiger partial charge on any atom is 0.336 e. The standard InChI is InChI=1S/C15H13ClO2S/c1-9-3-4-10(2)14(7-9)19-13-6-5-11(16)8-12(13)15(17)18/h3-8H,1-2H3,(H,17,18). The summed E-state index contributed by atoms with van der Waals surface area (Å²) in [5.41, 5.74) is 2.51. The van der Waals surface area contributed by atoms with Crippen LogP contribution in [0.5, 0.6) is 0 Å². The Kier molecular flexibility index (Phi) is 4.17. The molecule has 19 heavy (non-hydrogen) atoms. The third kappa shape index (κ3) is 3.31. The number of rotatable bonds is 3. The molecule has 0 saturated heterocycles. The molecule has 2 nitrogen and oxygen atoms in total. The molecule has 0 atom stereocenters. The van der Waals surface area contributed by atoms with E-state index in [2.05, 4.69) is 6.07 Å². The van der Waals surface area contributed by atoms with E-state index in [-0.39, 0.29) is 5.56 Å². The molecule has 2 aromatic rings. The van der Waals surface area contributed by atoms with Crippen molar-refractivity contribution in [1.82, 2.24) is 0 Å². The molecular weight excluding hydrogens is 280 g/mol. The molecule has 0 amide bonds. The van der Waals surface area contributed by atoms with Crippen LogP contribution in [-0.2, 0) is 0 Å². The van der Waals surface area contributed by atoms with E-state index < -0.39 is 5.97 Å². The first-order chi connectivity index (χ1) is 8.97. The van der Waals surface area contributed by atoms with Gasteiger partial charge in [-0.1, -0.05) is 35.5 Å². The molecule has 98 valence electrons. The predicted octanol–water partition coefficient (Wildman–Crippen LogP) is 4.81. The number of carboxylic acid groups (broad SMARTS) is 1. The van der Waals surface area contributed by atoms with Gasteiger partial charge in [0.25, 0.3) is 0 Å². The smallest absolute Gasteiger partial charge is 0.336 e. The summed E-state index contributed by atoms with van der Waals surface area (Å²) in [5.74, 6) is -0.963. The van der Waals surface area contributed by atoms with Crippen molar-refractivity contribution in [3.05, 3.63) is 58.1 Å². The molecule has 0 saturated carbocycles. The molecule has 0 heterocycles. The van der Waals surface area contributed by atoms with Crippen molar-refractivity contribution in [2.45, 2.75) is 23.6 Å². The third-order valence-corrected chi connectivity index (χ3v) is 4.21. The van der Waals surface area contributed by atoms with Crippen LogP contribution in [0.1, 0.15) is 21.5 Å². The van der Waals surface area contributed by atoms with Crippen LogP contribution < -0.4 is 0 Å². The van der Waals surface area contributed by atoms with Crippen LogP contribution >= 0.6 is 23.4 Å². The fourth-order valence-corrected chi connectivity index (χ4v) is 2.97. The Morgan fingerprint density at radius 1 is 1.11 bits per heavy atom. The Hall–Kier alpha value is -1.45. The van der Waals surface area contributed by atoms with Crippen molar-refractivity contribution in [2.24, 2.45) is 0 Å². The lowest BCUT2D eigenvalue weighted by Gasteiger charge is -2.09. The summed E-state index contributed by atoms with van der Waals surface area (Å²) in [6.07, 6.45) is 0. The number of aromatic carboxylic acids is 1. The topological polar surface area (TPSA) is 37.3 Å². The van der Waals surface area contributed by atoms with Crippen LogP contribution in [0.4, 0.5) is 0 Å². The van der Waals surface area contributed by atoms with Crippen LogP contribution in [0.3, 0.4) is 0 Å². The van der Waals surface area contributed by atoms with Gasteiger partial charge in [0.05, 0.1) is 5.56 Å². The number of hydrogen-bond acceptors (Lipinski definition) is 2. The molecule has 0 aliphatic heterocycles. The maximum absolute atomic E-state index is 11.2. The van der Waals surface area contributed by atoms with E-state index in [0.717, 1.165) is 16.0 Å². The highest BCUT2D eigenvalue weighted by atomic mass is 35.5. The van der Waals surface area contributed by atoms with Crippen LogP contribution in [0.2, 0.25) is 5.02 Å². The molecule has 0 radical (unpaired) electrons. The van der Waals surface area contributed by atoms with Gasteiger partial charge in [0.1, 0.15) is 0 Å². The molecule has 0 bridgehead atoms. The molecule has 0 aliphatic carbocycles. The normalized spacial score (nSPS) is 10.5. The van der Waals surface area contributed by atoms with Crippen molar-refractivity contribution in [3.8, 4) is 0 Å². The fraction of sp³-hybridized carbons (Fsp3) is 0.133. The second-order valence-corrected chi connectivity index (χ2v) is 5.84. The van der Waals surface area contributed by atoms with E-state index in [9.17, 15) is 9.90 Å². The number of aryl methyl sites for hydroxylation is 2. The first-order valence-corrected chi connectivity index (χ1v) is 6.95. The highest BCUT2D eigenvalue weighted by Gasteiger charge is 2.13. The Balaban J connectivity index is 2.43. The molecule has 0 aliphatic rings. The SMILES string of the molecule is Cc1ccc(C)c(Sc2ccc(Cl)cc2C(=O)O)c1. The van der Waals surface area contributed by atoms with Crippen molar-refractivity contribution in [3.63, 3.8) is 0 Å². The third-order valence-electron chi connectivity index (χ3n) is 2.74. The van der Waals surface area contributed by atoms with Gasteiger partial charge in [0.15, 0.2) is 0 Å². The van der Waals surface area contributed by atoms with Crippen molar-refractivity contribution < 1.29 is 9.90 Å². The molecule has 1 N–H and O–H groups in total. The summed E-state index contributed by atoms with van der Waals surface area (Å²) in [7, 11) is 0. The average molecular weight is 293 g/mol. The first-order valence-electron chi connectivity index (χ1n) is 5.75. The Labute approximate surface area is 121 Å². The molecule has 4 heteroatoms. The zero-order valence-corrected chi connectivity index (χ0v) is 12.2. The molecule has 0 unspecified atom stereocenters. The van der Waals surface area contributed by atoms with Gasteiger partial charge < -0.3 is 5.11 Å². The lowest BCUT2D eigenvalue weighted by atomic mass is 10.2. The van der Waals surface area contributed by atoms with Gasteiger partial charge in [-0.15, -0.1) is 0 Å². The summed E-state index contributed by atoms with van der Waals surface area (Å²) in [6.45, 7) is 4.03. The Bertz CT molecular complexity index is 638. The summed E-state index contributed by atoms with van der Waals surface area (Å²) in [6, 6.07) is 11.1. The van der Waals surface area contributed by atoms with Crippen molar-refractivity contribution in [2.75, 3.05) is 0 Å². The first kappa shape index (κ1) is 14.0. The van der Waals surface area contributed by atoms with Crippen LogP contribution in [0.15, 0.2) is 46.2 Å². The van der Waals surface area contributed by atoms with E-state index >= 15 is 0 Å². The summed E-state index contributed by atoms with van der Waals surface area (Å²) in [4.78, 5) is 13.0. The molecular formula is C15H13ClO2S. The highest BCUT2D eigenvalue weighted by molar-refractivity contribution is 7.99. The van der Waals surface area contributed by atoms with E-state index in [1.54, 1.807) is 12.1 Å². The fourth-order valence-electron chi connectivity index (χ4n) is 1.69. The van der Waals surface area contributed by atoms with Gasteiger partial charge >= 0.3 is 5.97 Å². The van der Waals surface area contributed by atoms with Crippen molar-refractivity contribution >= 4 is 29.3 Å². The zero-order valence-electron chi connectivity index (χ0n) is 10.6. The minimum Gasteiger partial charge on any atom is -0.478 e. The van der Waals surface area contributed by atoms with Gasteiger partial charge in [-0.2, -0.15) is 0 Å². The van der Waals surface area contributed by atoms with Crippen molar-refractivity contribution in [1.29, 1.82) is 0 Å². The zero-order chi connectivity index (χ0) is 14.0. The molecule has 0 fully saturated rings. The second-order valence-electron chi connectivity index (χ2n) is 4.32. The molecule has 0 aromatic heterocycles. The lowest BCUT2D eigenvalue weighted by molar-refractivity contribution is 0.0693. The summed E-state index contributed by atoms with van der Waals surface area (Å²) < 4.78 is 0. The van der Waals surface area contributed by atoms with Gasteiger partial charge in [-0.25, -0.2) is 4.79 Å². The van der Waals surface area contributed by atoms with E-state index in [1.165, 1.54) is 17.8 Å². The van der Waals surface area contributed by atoms with Crippen LogP contribution in [0, 0.1) is 13.8 Å². The van der Waals surface area contributed by atoms with Crippen LogP contribution in [0.25, 0.3) is 0 Å².